The number of nitrogens with one attached hydrogen (secondary N) is 1. The molecule has 0 atom stereocenters. The van der Waals surface area contributed by atoms with Gasteiger partial charge in [0.2, 0.25) is 10.0 Å². The highest BCUT2D eigenvalue weighted by molar-refractivity contribution is 7.92. The maximum absolute atomic E-state index is 12.2. The van der Waals surface area contributed by atoms with Crippen LogP contribution in [0.1, 0.15) is 36.5 Å². The number of nitrogens with zero attached hydrogens (tertiary/aromatic N) is 2. The second-order valence-corrected chi connectivity index (χ2v) is 8.63. The molecule has 144 valence electrons. The zero-order valence-corrected chi connectivity index (χ0v) is 16.8. The van der Waals surface area contributed by atoms with Gasteiger partial charge in [0.25, 0.3) is 5.91 Å². The summed E-state index contributed by atoms with van der Waals surface area (Å²) in [5, 5.41) is 3.92. The summed E-state index contributed by atoms with van der Waals surface area (Å²) in [4.78, 5) is 12.2. The summed E-state index contributed by atoms with van der Waals surface area (Å²) in [6.07, 6.45) is 2.60. The van der Waals surface area contributed by atoms with Crippen molar-refractivity contribution in [2.75, 3.05) is 17.1 Å². The Bertz CT molecular complexity index is 920. The fourth-order valence-electron chi connectivity index (χ4n) is 2.49. The van der Waals surface area contributed by atoms with E-state index >= 15 is 0 Å². The van der Waals surface area contributed by atoms with Gasteiger partial charge in [0.15, 0.2) is 0 Å². The van der Waals surface area contributed by atoms with Crippen LogP contribution in [0.25, 0.3) is 0 Å². The number of hydrazone groups is 1. The second-order valence-electron chi connectivity index (χ2n) is 6.72. The summed E-state index contributed by atoms with van der Waals surface area (Å²) in [7, 11) is -3.60. The van der Waals surface area contributed by atoms with E-state index in [1.54, 1.807) is 18.2 Å². The molecular weight excluding hydrogens is 362 g/mol. The lowest BCUT2D eigenvalue weighted by Gasteiger charge is -2.21. The van der Waals surface area contributed by atoms with Crippen molar-refractivity contribution < 1.29 is 13.2 Å². The van der Waals surface area contributed by atoms with Crippen molar-refractivity contribution in [1.82, 2.24) is 5.43 Å². The number of sulfonamides is 1. The lowest BCUT2D eigenvalue weighted by Crippen LogP contribution is -2.39. The fraction of sp³-hybridized carbons (Fsp3) is 0.300. The van der Waals surface area contributed by atoms with Crippen molar-refractivity contribution in [3.8, 4) is 0 Å². The molecule has 0 spiro atoms. The van der Waals surface area contributed by atoms with Gasteiger partial charge < -0.3 is 0 Å². The molecule has 0 saturated carbocycles. The third kappa shape index (κ3) is 6.21. The van der Waals surface area contributed by atoms with Crippen molar-refractivity contribution in [1.29, 1.82) is 0 Å². The first-order valence-corrected chi connectivity index (χ1v) is 10.5. The predicted molar refractivity (Wildman–Crippen MR) is 110 cm³/mol. The van der Waals surface area contributed by atoms with Gasteiger partial charge in [-0.1, -0.05) is 50.2 Å². The maximum atomic E-state index is 12.2. The number of amides is 1. The number of carbonyl (C=O) groups is 1. The molecular formula is C20H25N3O3S. The van der Waals surface area contributed by atoms with Crippen molar-refractivity contribution >= 4 is 27.8 Å². The molecule has 0 bridgehead atoms. The highest BCUT2D eigenvalue weighted by atomic mass is 32.2. The topological polar surface area (TPSA) is 78.8 Å². The molecule has 0 aromatic heterocycles. The van der Waals surface area contributed by atoms with Crippen LogP contribution in [-0.2, 0) is 14.8 Å². The molecule has 0 heterocycles. The van der Waals surface area contributed by atoms with Crippen LogP contribution in [0.2, 0.25) is 0 Å². The quantitative estimate of drug-likeness (QED) is 0.586. The van der Waals surface area contributed by atoms with Gasteiger partial charge in [0, 0.05) is 0 Å². The Morgan fingerprint density at radius 3 is 2.41 bits per heavy atom. The lowest BCUT2D eigenvalue weighted by atomic mass is 10.0. The second kappa shape index (κ2) is 8.81. The van der Waals surface area contributed by atoms with Crippen LogP contribution in [0.3, 0.4) is 0 Å². The van der Waals surface area contributed by atoms with Crippen molar-refractivity contribution in [2.45, 2.75) is 26.7 Å². The van der Waals surface area contributed by atoms with E-state index in [1.807, 2.05) is 37.3 Å². The first-order valence-electron chi connectivity index (χ1n) is 8.63. The highest BCUT2D eigenvalue weighted by Gasteiger charge is 2.20. The normalized spacial score (nSPS) is 11.7. The molecule has 0 radical (unpaired) electrons. The van der Waals surface area contributed by atoms with E-state index in [4.69, 9.17) is 0 Å². The van der Waals surface area contributed by atoms with E-state index in [0.717, 1.165) is 21.7 Å². The molecule has 0 fully saturated rings. The summed E-state index contributed by atoms with van der Waals surface area (Å²) in [6, 6.07) is 14.8. The number of carbonyl (C=O) groups excluding carboxylic acids is 1. The van der Waals surface area contributed by atoms with Crippen LogP contribution in [-0.4, -0.2) is 33.3 Å². The average molecular weight is 388 g/mol. The van der Waals surface area contributed by atoms with Gasteiger partial charge in [-0.05, 0) is 41.7 Å². The van der Waals surface area contributed by atoms with Crippen LogP contribution >= 0.6 is 0 Å². The SMILES string of the molecule is Cc1cccc(N(CC(=O)N/N=C\c2ccc(C(C)C)cc2)S(C)(=O)=O)c1. The maximum Gasteiger partial charge on any atom is 0.260 e. The minimum atomic E-state index is -3.60. The zero-order chi connectivity index (χ0) is 20.0. The van der Waals surface area contributed by atoms with E-state index < -0.39 is 15.9 Å². The fourth-order valence-corrected chi connectivity index (χ4v) is 3.34. The molecule has 2 aromatic carbocycles. The van der Waals surface area contributed by atoms with E-state index in [1.165, 1.54) is 11.8 Å². The van der Waals surface area contributed by atoms with Gasteiger partial charge in [-0.15, -0.1) is 0 Å². The number of hydrogen-bond donors (Lipinski definition) is 1. The largest absolute Gasteiger partial charge is 0.271 e. The van der Waals surface area contributed by atoms with Crippen LogP contribution in [0.4, 0.5) is 5.69 Å². The Hall–Kier alpha value is -2.67. The molecule has 1 N–H and O–H groups in total. The van der Waals surface area contributed by atoms with Gasteiger partial charge >= 0.3 is 0 Å². The summed E-state index contributed by atoms with van der Waals surface area (Å²) in [6.45, 7) is 5.75. The van der Waals surface area contributed by atoms with Crippen molar-refractivity contribution in [3.63, 3.8) is 0 Å². The Balaban J connectivity index is 2.03. The minimum Gasteiger partial charge on any atom is -0.271 e. The van der Waals surface area contributed by atoms with Gasteiger partial charge in [0.1, 0.15) is 6.54 Å². The molecule has 27 heavy (non-hydrogen) atoms. The molecule has 2 rings (SSSR count). The van der Waals surface area contributed by atoms with Crippen LogP contribution in [0.5, 0.6) is 0 Å². The lowest BCUT2D eigenvalue weighted by molar-refractivity contribution is -0.119. The summed E-state index contributed by atoms with van der Waals surface area (Å²) in [5.41, 5.74) is 5.80. The third-order valence-electron chi connectivity index (χ3n) is 3.98. The number of rotatable bonds is 7. The molecule has 6 nitrogen and oxygen atoms in total. The first kappa shape index (κ1) is 20.6. The van der Waals surface area contributed by atoms with Gasteiger partial charge in [-0.2, -0.15) is 5.10 Å². The molecule has 0 saturated heterocycles. The van der Waals surface area contributed by atoms with E-state index in [-0.39, 0.29) is 6.54 Å². The summed E-state index contributed by atoms with van der Waals surface area (Å²) >= 11 is 0. The summed E-state index contributed by atoms with van der Waals surface area (Å²) in [5.74, 6) is -0.0729. The molecule has 2 aromatic rings. The molecule has 7 heteroatoms. The molecule has 1 amide bonds. The number of anilines is 1. The van der Waals surface area contributed by atoms with Crippen LogP contribution < -0.4 is 9.73 Å². The zero-order valence-electron chi connectivity index (χ0n) is 16.0. The molecule has 0 aliphatic heterocycles. The van der Waals surface area contributed by atoms with Gasteiger partial charge in [0.05, 0.1) is 18.2 Å². The van der Waals surface area contributed by atoms with Crippen LogP contribution in [0, 0.1) is 6.92 Å². The monoisotopic (exact) mass is 387 g/mol. The van der Waals surface area contributed by atoms with Gasteiger partial charge in [-0.3, -0.25) is 9.10 Å². The standard InChI is InChI=1S/C20H25N3O3S/c1-15(2)18-10-8-17(9-11-18)13-21-22-20(24)14-23(27(4,25)26)19-7-5-6-16(3)12-19/h5-13,15H,14H2,1-4H3,(H,22,24)/b21-13-. The predicted octanol–water partition coefficient (Wildman–Crippen LogP) is 3.03. The Morgan fingerprint density at radius 2 is 1.85 bits per heavy atom. The molecule has 0 unspecified atom stereocenters. The van der Waals surface area contributed by atoms with E-state index in [9.17, 15) is 13.2 Å². The van der Waals surface area contributed by atoms with E-state index in [2.05, 4.69) is 24.4 Å². The first-order chi connectivity index (χ1) is 12.7. The number of benzene rings is 2. The number of hydrogen-bond acceptors (Lipinski definition) is 4. The minimum absolute atomic E-state index is 0.341. The smallest absolute Gasteiger partial charge is 0.260 e. The van der Waals surface area contributed by atoms with Crippen molar-refractivity contribution in [2.24, 2.45) is 5.10 Å². The Labute approximate surface area is 161 Å². The highest BCUT2D eigenvalue weighted by Crippen LogP contribution is 2.18. The molecule has 0 aliphatic carbocycles. The number of aryl methyl sites for hydroxylation is 1. The molecule has 0 aliphatic rings. The third-order valence-corrected chi connectivity index (χ3v) is 5.12. The Kier molecular flexibility index (Phi) is 6.74. The summed E-state index contributed by atoms with van der Waals surface area (Å²) < 4.78 is 25.2. The average Bonchev–Trinajstić information content (AvgIpc) is 2.59. The van der Waals surface area contributed by atoms with E-state index in [0.29, 0.717) is 11.6 Å². The van der Waals surface area contributed by atoms with Gasteiger partial charge in [-0.25, -0.2) is 13.8 Å². The van der Waals surface area contributed by atoms with Crippen LogP contribution in [0.15, 0.2) is 53.6 Å². The van der Waals surface area contributed by atoms with Crippen molar-refractivity contribution in [3.05, 3.63) is 65.2 Å². The Morgan fingerprint density at radius 1 is 1.19 bits per heavy atom.